The lowest BCUT2D eigenvalue weighted by molar-refractivity contribution is 0.122. The van der Waals surface area contributed by atoms with Gasteiger partial charge in [0, 0.05) is 47.0 Å². The molecule has 23 heavy (non-hydrogen) atoms. The van der Waals surface area contributed by atoms with Gasteiger partial charge in [-0.15, -0.1) is 22.7 Å². The zero-order valence-electron chi connectivity index (χ0n) is 13.2. The Balaban J connectivity index is 1.69. The fourth-order valence-corrected chi connectivity index (χ4v) is 4.56. The van der Waals surface area contributed by atoms with Crippen molar-refractivity contribution >= 4 is 27.8 Å². The number of aromatic nitrogens is 3. The Morgan fingerprint density at radius 3 is 2.70 bits per heavy atom. The maximum absolute atomic E-state index is 5.42. The molecule has 0 unspecified atom stereocenters. The largest absolute Gasteiger partial charge is 0.378 e. The maximum atomic E-state index is 5.42. The summed E-state index contributed by atoms with van der Waals surface area (Å²) < 4.78 is 7.62. The van der Waals surface area contributed by atoms with Crippen molar-refractivity contribution in [3.05, 3.63) is 34.4 Å². The summed E-state index contributed by atoms with van der Waals surface area (Å²) in [6.07, 6.45) is 1.85. The zero-order chi connectivity index (χ0) is 15.8. The summed E-state index contributed by atoms with van der Waals surface area (Å²) in [6.45, 7) is 7.67. The molecule has 1 aliphatic rings. The molecule has 0 N–H and O–H groups in total. The van der Waals surface area contributed by atoms with Gasteiger partial charge in [0.05, 0.1) is 18.9 Å². The van der Waals surface area contributed by atoms with Crippen molar-refractivity contribution in [1.82, 2.24) is 14.5 Å². The van der Waals surface area contributed by atoms with Gasteiger partial charge in [-0.05, 0) is 19.9 Å². The second-order valence-corrected chi connectivity index (χ2v) is 7.26. The molecule has 0 aliphatic carbocycles. The topological polar surface area (TPSA) is 43.2 Å². The van der Waals surface area contributed by atoms with Gasteiger partial charge in [0.25, 0.3) is 0 Å². The van der Waals surface area contributed by atoms with Crippen LogP contribution >= 0.6 is 22.7 Å². The lowest BCUT2D eigenvalue weighted by Gasteiger charge is -2.26. The van der Waals surface area contributed by atoms with Crippen molar-refractivity contribution in [3.8, 4) is 16.4 Å². The van der Waals surface area contributed by atoms with E-state index in [1.54, 1.807) is 22.7 Å². The van der Waals surface area contributed by atoms with Gasteiger partial charge in [-0.1, -0.05) is 0 Å². The number of hydrogen-bond donors (Lipinski definition) is 0. The third-order valence-corrected chi connectivity index (χ3v) is 5.75. The van der Waals surface area contributed by atoms with Gasteiger partial charge < -0.3 is 9.64 Å². The molecular formula is C16H18N4OS2. The number of aryl methyl sites for hydroxylation is 1. The standard InChI is InChI=1S/C16H18N4OS2/c1-11-9-13(12(2)20(11)15-17-3-8-22-15)14-10-23-16(18-14)19-4-6-21-7-5-19/h3,8-10H,4-7H2,1-2H3. The minimum absolute atomic E-state index is 0.785. The van der Waals surface area contributed by atoms with Crippen molar-refractivity contribution in [2.45, 2.75) is 13.8 Å². The first-order chi connectivity index (χ1) is 11.2. The number of ether oxygens (including phenoxy) is 1. The molecule has 1 saturated heterocycles. The summed E-state index contributed by atoms with van der Waals surface area (Å²) in [5.41, 5.74) is 4.62. The Morgan fingerprint density at radius 1 is 1.13 bits per heavy atom. The SMILES string of the molecule is Cc1cc(-c2csc(N3CCOCC3)n2)c(C)n1-c1nccs1. The van der Waals surface area contributed by atoms with Crippen molar-refractivity contribution in [2.75, 3.05) is 31.2 Å². The van der Waals surface area contributed by atoms with Crippen LogP contribution in [0.1, 0.15) is 11.4 Å². The van der Waals surface area contributed by atoms with Crippen LogP contribution in [0.4, 0.5) is 5.13 Å². The van der Waals surface area contributed by atoms with Crippen LogP contribution in [0.5, 0.6) is 0 Å². The molecule has 7 heteroatoms. The van der Waals surface area contributed by atoms with Crippen LogP contribution in [-0.4, -0.2) is 40.8 Å². The molecule has 4 heterocycles. The van der Waals surface area contributed by atoms with Crippen LogP contribution in [0.25, 0.3) is 16.4 Å². The number of nitrogens with zero attached hydrogens (tertiary/aromatic N) is 4. The van der Waals surface area contributed by atoms with Gasteiger partial charge in [0.2, 0.25) is 0 Å². The van der Waals surface area contributed by atoms with E-state index in [9.17, 15) is 0 Å². The van der Waals surface area contributed by atoms with Gasteiger partial charge in [0.1, 0.15) is 0 Å². The molecule has 120 valence electrons. The Kier molecular flexibility index (Phi) is 3.92. The molecule has 0 saturated carbocycles. The van der Waals surface area contributed by atoms with E-state index < -0.39 is 0 Å². The minimum atomic E-state index is 0.785. The Labute approximate surface area is 143 Å². The second kappa shape index (κ2) is 6.07. The fourth-order valence-electron chi connectivity index (χ4n) is 2.93. The lowest BCUT2D eigenvalue weighted by atomic mass is 10.2. The predicted octanol–water partition coefficient (Wildman–Crippen LogP) is 3.51. The van der Waals surface area contributed by atoms with Crippen LogP contribution in [0.3, 0.4) is 0 Å². The van der Waals surface area contributed by atoms with Crippen molar-refractivity contribution in [2.24, 2.45) is 0 Å². The monoisotopic (exact) mass is 346 g/mol. The van der Waals surface area contributed by atoms with E-state index in [-0.39, 0.29) is 0 Å². The number of thiazole rings is 2. The lowest BCUT2D eigenvalue weighted by Crippen LogP contribution is -2.36. The first kappa shape index (κ1) is 14.9. The first-order valence-corrected chi connectivity index (χ1v) is 9.37. The highest BCUT2D eigenvalue weighted by molar-refractivity contribution is 7.14. The number of hydrogen-bond acceptors (Lipinski definition) is 6. The number of rotatable bonds is 3. The van der Waals surface area contributed by atoms with Crippen LogP contribution in [0.15, 0.2) is 23.0 Å². The molecule has 1 aliphatic heterocycles. The highest BCUT2D eigenvalue weighted by Crippen LogP contribution is 2.33. The Morgan fingerprint density at radius 2 is 1.96 bits per heavy atom. The van der Waals surface area contributed by atoms with E-state index in [0.717, 1.165) is 42.3 Å². The summed E-state index contributed by atoms with van der Waals surface area (Å²) in [4.78, 5) is 11.6. The third kappa shape index (κ3) is 2.69. The molecule has 0 aromatic carbocycles. The van der Waals surface area contributed by atoms with Crippen LogP contribution in [0.2, 0.25) is 0 Å². The smallest absolute Gasteiger partial charge is 0.193 e. The summed E-state index contributed by atoms with van der Waals surface area (Å²) in [5.74, 6) is 0. The van der Waals surface area contributed by atoms with Gasteiger partial charge in [0.15, 0.2) is 10.3 Å². The molecule has 3 aromatic heterocycles. The number of anilines is 1. The fraction of sp³-hybridized carbons (Fsp3) is 0.375. The van der Waals surface area contributed by atoms with Gasteiger partial charge in [-0.25, -0.2) is 9.97 Å². The molecule has 0 spiro atoms. The van der Waals surface area contributed by atoms with Crippen LogP contribution < -0.4 is 4.90 Å². The average molecular weight is 346 g/mol. The predicted molar refractivity (Wildman–Crippen MR) is 95.1 cm³/mol. The molecule has 0 bridgehead atoms. The molecule has 3 aromatic rings. The van der Waals surface area contributed by atoms with Crippen molar-refractivity contribution in [3.63, 3.8) is 0 Å². The number of morpholine rings is 1. The quantitative estimate of drug-likeness (QED) is 0.728. The minimum Gasteiger partial charge on any atom is -0.378 e. The zero-order valence-corrected chi connectivity index (χ0v) is 14.8. The Hall–Kier alpha value is -1.70. The first-order valence-electron chi connectivity index (χ1n) is 7.61. The molecule has 0 radical (unpaired) electrons. The second-order valence-electron chi connectivity index (χ2n) is 5.55. The van der Waals surface area contributed by atoms with Crippen LogP contribution in [-0.2, 0) is 4.74 Å². The van der Waals surface area contributed by atoms with Crippen LogP contribution in [0, 0.1) is 13.8 Å². The maximum Gasteiger partial charge on any atom is 0.193 e. The third-order valence-electron chi connectivity index (χ3n) is 4.09. The van der Waals surface area contributed by atoms with E-state index in [2.05, 4.69) is 39.7 Å². The normalized spacial score (nSPS) is 15.3. The molecule has 1 fully saturated rings. The van der Waals surface area contributed by atoms with E-state index in [4.69, 9.17) is 9.72 Å². The summed E-state index contributed by atoms with van der Waals surface area (Å²) in [6, 6.07) is 2.20. The summed E-state index contributed by atoms with van der Waals surface area (Å²) >= 11 is 3.36. The summed E-state index contributed by atoms with van der Waals surface area (Å²) in [7, 11) is 0. The van der Waals surface area contributed by atoms with Crippen molar-refractivity contribution in [1.29, 1.82) is 0 Å². The van der Waals surface area contributed by atoms with Gasteiger partial charge in [-0.2, -0.15) is 0 Å². The Bertz CT molecular complexity index is 800. The van der Waals surface area contributed by atoms with E-state index >= 15 is 0 Å². The molecule has 0 amide bonds. The molecule has 4 rings (SSSR count). The highest BCUT2D eigenvalue weighted by Gasteiger charge is 2.19. The van der Waals surface area contributed by atoms with E-state index in [1.165, 1.54) is 17.0 Å². The van der Waals surface area contributed by atoms with Gasteiger partial charge >= 0.3 is 0 Å². The molecular weight excluding hydrogens is 328 g/mol. The van der Waals surface area contributed by atoms with Crippen molar-refractivity contribution < 1.29 is 4.74 Å². The van der Waals surface area contributed by atoms with E-state index in [0.29, 0.717) is 0 Å². The average Bonchev–Trinajstić information content (AvgIpc) is 3.29. The molecule has 5 nitrogen and oxygen atoms in total. The highest BCUT2D eigenvalue weighted by atomic mass is 32.1. The molecule has 0 atom stereocenters. The van der Waals surface area contributed by atoms with E-state index in [1.807, 2.05) is 11.6 Å². The summed E-state index contributed by atoms with van der Waals surface area (Å²) in [5, 5.41) is 6.25. The van der Waals surface area contributed by atoms with Gasteiger partial charge in [-0.3, -0.25) is 4.57 Å².